The van der Waals surface area contributed by atoms with E-state index in [0.29, 0.717) is 6.61 Å². The summed E-state index contributed by atoms with van der Waals surface area (Å²) in [5.74, 6) is -0.276. The smallest absolute Gasteiger partial charge is 0.320 e. The molecule has 1 saturated heterocycles. The minimum atomic E-state index is -0.534. The number of rotatable bonds is 6. The van der Waals surface area contributed by atoms with Crippen LogP contribution in [-0.2, 0) is 14.3 Å². The van der Waals surface area contributed by atoms with Crippen molar-refractivity contribution in [3.05, 3.63) is 108 Å². The third-order valence-electron chi connectivity index (χ3n) is 5.67. The van der Waals surface area contributed by atoms with Crippen LogP contribution in [0, 0.1) is 0 Å². The second-order valence-electron chi connectivity index (χ2n) is 9.21. The molecule has 0 saturated carbocycles. The Kier molecular flexibility index (Phi) is 6.73. The second-order valence-corrected chi connectivity index (χ2v) is 9.21. The molecule has 1 fully saturated rings. The van der Waals surface area contributed by atoms with Gasteiger partial charge in [-0.05, 0) is 37.5 Å². The van der Waals surface area contributed by atoms with Gasteiger partial charge < -0.3 is 9.47 Å². The fourth-order valence-corrected chi connectivity index (χ4v) is 4.37. The molecule has 1 aliphatic heterocycles. The van der Waals surface area contributed by atoms with Crippen LogP contribution in [0.5, 0.6) is 0 Å². The summed E-state index contributed by atoms with van der Waals surface area (Å²) >= 11 is 0. The van der Waals surface area contributed by atoms with E-state index in [1.165, 1.54) is 0 Å². The summed E-state index contributed by atoms with van der Waals surface area (Å²) in [5, 5.41) is 0. The van der Waals surface area contributed by atoms with Gasteiger partial charge in [0.15, 0.2) is 0 Å². The molecule has 0 unspecified atom stereocenters. The Morgan fingerprint density at radius 2 is 1.41 bits per heavy atom. The summed E-state index contributed by atoms with van der Waals surface area (Å²) in [6, 6.07) is 31.0. The van der Waals surface area contributed by atoms with Crippen molar-refractivity contribution in [2.24, 2.45) is 0 Å². The van der Waals surface area contributed by atoms with E-state index in [1.54, 1.807) is 0 Å². The lowest BCUT2D eigenvalue weighted by molar-refractivity contribution is -0.158. The van der Waals surface area contributed by atoms with Crippen LogP contribution in [0.15, 0.2) is 91.0 Å². The highest BCUT2D eigenvalue weighted by molar-refractivity contribution is 5.72. The number of nitrogens with zero attached hydrogens (tertiary/aromatic N) is 1. The lowest BCUT2D eigenvalue weighted by atomic mass is 9.89. The molecule has 4 heteroatoms. The minimum Gasteiger partial charge on any atom is -0.459 e. The van der Waals surface area contributed by atoms with Gasteiger partial charge in [-0.25, -0.2) is 0 Å². The van der Waals surface area contributed by atoms with Gasteiger partial charge in [-0.1, -0.05) is 91.0 Å². The molecule has 0 bridgehead atoms. The van der Waals surface area contributed by atoms with Crippen molar-refractivity contribution in [2.75, 3.05) is 13.2 Å². The third-order valence-corrected chi connectivity index (χ3v) is 5.67. The predicted molar refractivity (Wildman–Crippen MR) is 126 cm³/mol. The molecule has 0 aliphatic carbocycles. The molecular weight excluding hydrogens is 398 g/mol. The van der Waals surface area contributed by atoms with Crippen molar-refractivity contribution >= 4 is 5.97 Å². The third kappa shape index (κ3) is 5.26. The number of ether oxygens (including phenoxy) is 2. The van der Waals surface area contributed by atoms with Gasteiger partial charge in [0.2, 0.25) is 0 Å². The quantitative estimate of drug-likeness (QED) is 0.481. The van der Waals surface area contributed by atoms with Crippen LogP contribution in [0.4, 0.5) is 0 Å². The molecule has 4 rings (SSSR count). The standard InChI is InChI=1S/C28H31NO3/c1-28(2,3)32-25(30)19-29-24(21-13-7-4-8-14-21)20-31-27(29)26(22-15-9-5-10-16-22)23-17-11-6-12-18-23/h4-18,24,26-27H,19-20H2,1-3H3/t24-,27+/m0/s1. The highest BCUT2D eigenvalue weighted by atomic mass is 16.6. The molecule has 32 heavy (non-hydrogen) atoms. The normalized spacial score (nSPS) is 19.2. The van der Waals surface area contributed by atoms with Crippen LogP contribution in [0.3, 0.4) is 0 Å². The highest BCUT2D eigenvalue weighted by Crippen LogP contribution is 2.40. The Labute approximate surface area is 190 Å². The fraction of sp³-hybridized carbons (Fsp3) is 0.321. The summed E-state index contributed by atoms with van der Waals surface area (Å²) in [5.41, 5.74) is 2.92. The first-order valence-electron chi connectivity index (χ1n) is 11.2. The summed E-state index contributed by atoms with van der Waals surface area (Å²) in [4.78, 5) is 15.1. The molecule has 1 heterocycles. The van der Waals surface area contributed by atoms with E-state index in [9.17, 15) is 4.79 Å². The molecule has 0 N–H and O–H groups in total. The van der Waals surface area contributed by atoms with Crippen molar-refractivity contribution in [3.63, 3.8) is 0 Å². The molecule has 166 valence electrons. The zero-order valence-corrected chi connectivity index (χ0v) is 19.0. The van der Waals surface area contributed by atoms with Gasteiger partial charge >= 0.3 is 5.97 Å². The Hall–Kier alpha value is -2.95. The predicted octanol–water partition coefficient (Wildman–Crippen LogP) is 5.56. The van der Waals surface area contributed by atoms with E-state index in [4.69, 9.17) is 9.47 Å². The van der Waals surface area contributed by atoms with E-state index in [2.05, 4.69) is 41.3 Å². The number of carbonyl (C=O) groups excluding carboxylic acids is 1. The SMILES string of the molecule is CC(C)(C)OC(=O)CN1[C@@H](C(c2ccccc2)c2ccccc2)OC[C@H]1c1ccccc1. The number of esters is 1. The van der Waals surface area contributed by atoms with Gasteiger partial charge in [-0.2, -0.15) is 0 Å². The number of hydrogen-bond acceptors (Lipinski definition) is 4. The van der Waals surface area contributed by atoms with Gasteiger partial charge in [0, 0.05) is 5.92 Å². The molecule has 1 aliphatic rings. The summed E-state index contributed by atoms with van der Waals surface area (Å²) in [7, 11) is 0. The molecule has 0 amide bonds. The molecule has 0 aromatic heterocycles. The molecule has 4 nitrogen and oxygen atoms in total. The second kappa shape index (κ2) is 9.68. The van der Waals surface area contributed by atoms with Crippen molar-refractivity contribution in [2.45, 2.75) is 44.6 Å². The molecular formula is C28H31NO3. The number of hydrogen-bond donors (Lipinski definition) is 0. The monoisotopic (exact) mass is 429 g/mol. The Balaban J connectivity index is 1.72. The maximum absolute atomic E-state index is 12.9. The van der Waals surface area contributed by atoms with Gasteiger partial charge in [-0.15, -0.1) is 0 Å². The topological polar surface area (TPSA) is 38.8 Å². The Morgan fingerprint density at radius 1 is 0.906 bits per heavy atom. The molecule has 0 spiro atoms. The van der Waals surface area contributed by atoms with Crippen LogP contribution >= 0.6 is 0 Å². The number of carbonyl (C=O) groups is 1. The average molecular weight is 430 g/mol. The van der Waals surface area contributed by atoms with Crippen LogP contribution in [-0.4, -0.2) is 35.8 Å². The zero-order valence-electron chi connectivity index (χ0n) is 19.0. The largest absolute Gasteiger partial charge is 0.459 e. The molecule has 3 aromatic carbocycles. The van der Waals surface area contributed by atoms with E-state index in [-0.39, 0.29) is 30.7 Å². The first-order chi connectivity index (χ1) is 15.4. The summed E-state index contributed by atoms with van der Waals surface area (Å²) in [6.07, 6.45) is -0.294. The van der Waals surface area contributed by atoms with Crippen molar-refractivity contribution in [3.8, 4) is 0 Å². The molecule has 3 aromatic rings. The van der Waals surface area contributed by atoms with Gasteiger partial charge in [0.25, 0.3) is 0 Å². The van der Waals surface area contributed by atoms with E-state index < -0.39 is 5.60 Å². The summed E-state index contributed by atoms with van der Waals surface area (Å²) in [6.45, 7) is 6.38. The van der Waals surface area contributed by atoms with Gasteiger partial charge in [0.1, 0.15) is 11.8 Å². The van der Waals surface area contributed by atoms with Crippen molar-refractivity contribution in [1.29, 1.82) is 0 Å². The van der Waals surface area contributed by atoms with Crippen molar-refractivity contribution < 1.29 is 14.3 Å². The van der Waals surface area contributed by atoms with Gasteiger partial charge in [-0.3, -0.25) is 9.69 Å². The van der Waals surface area contributed by atoms with Crippen LogP contribution in [0.2, 0.25) is 0 Å². The molecule has 2 atom stereocenters. The maximum atomic E-state index is 12.9. The fourth-order valence-electron chi connectivity index (χ4n) is 4.37. The molecule has 0 radical (unpaired) electrons. The van der Waals surface area contributed by atoms with Crippen LogP contribution < -0.4 is 0 Å². The number of benzene rings is 3. The zero-order chi connectivity index (χ0) is 22.6. The lowest BCUT2D eigenvalue weighted by Crippen LogP contribution is -2.42. The van der Waals surface area contributed by atoms with Crippen molar-refractivity contribution in [1.82, 2.24) is 4.90 Å². The van der Waals surface area contributed by atoms with Crippen LogP contribution in [0.25, 0.3) is 0 Å². The van der Waals surface area contributed by atoms with E-state index in [1.807, 2.05) is 75.4 Å². The van der Waals surface area contributed by atoms with Crippen LogP contribution in [0.1, 0.15) is 49.4 Å². The Bertz CT molecular complexity index is 960. The highest BCUT2D eigenvalue weighted by Gasteiger charge is 2.42. The summed E-state index contributed by atoms with van der Waals surface area (Å²) < 4.78 is 12.1. The van der Waals surface area contributed by atoms with Gasteiger partial charge in [0.05, 0.1) is 19.2 Å². The lowest BCUT2D eigenvalue weighted by Gasteiger charge is -2.34. The maximum Gasteiger partial charge on any atom is 0.320 e. The Morgan fingerprint density at radius 3 is 1.91 bits per heavy atom. The average Bonchev–Trinajstić information content (AvgIpc) is 3.17. The van der Waals surface area contributed by atoms with E-state index >= 15 is 0 Å². The first-order valence-corrected chi connectivity index (χ1v) is 11.2. The minimum absolute atomic E-state index is 0.0244. The first kappa shape index (κ1) is 22.3. The van der Waals surface area contributed by atoms with E-state index in [0.717, 1.165) is 16.7 Å².